The molecule has 3 aromatic rings. The zero-order valence-electron chi connectivity index (χ0n) is 14.5. The molecule has 0 bridgehead atoms. The van der Waals surface area contributed by atoms with E-state index in [1.807, 2.05) is 12.1 Å². The van der Waals surface area contributed by atoms with Gasteiger partial charge in [0.2, 0.25) is 0 Å². The van der Waals surface area contributed by atoms with E-state index in [1.54, 1.807) is 11.3 Å². The van der Waals surface area contributed by atoms with Crippen LogP contribution < -0.4 is 10.2 Å². The van der Waals surface area contributed by atoms with Crippen molar-refractivity contribution in [1.29, 1.82) is 0 Å². The van der Waals surface area contributed by atoms with Crippen LogP contribution in [0.4, 0.5) is 5.13 Å². The average Bonchev–Trinajstić information content (AvgIpc) is 3.36. The lowest BCUT2D eigenvalue weighted by molar-refractivity contribution is 0.0927. The molecule has 134 valence electrons. The molecule has 1 atom stereocenters. The van der Waals surface area contributed by atoms with E-state index in [1.165, 1.54) is 4.70 Å². The first-order chi connectivity index (χ1) is 12.8. The van der Waals surface area contributed by atoms with E-state index in [2.05, 4.69) is 32.5 Å². The zero-order chi connectivity index (χ0) is 17.5. The molecule has 1 aromatic carbocycles. The molecular weight excluding hydrogens is 346 g/mol. The van der Waals surface area contributed by atoms with E-state index in [4.69, 9.17) is 4.98 Å². The number of aromatic nitrogens is 3. The first-order valence-electron chi connectivity index (χ1n) is 9.25. The summed E-state index contributed by atoms with van der Waals surface area (Å²) in [4.78, 5) is 19.8. The Labute approximate surface area is 155 Å². The number of carbonyl (C=O) groups is 1. The minimum absolute atomic E-state index is 0.0412. The van der Waals surface area contributed by atoms with Crippen LogP contribution in [0.1, 0.15) is 41.0 Å². The minimum Gasteiger partial charge on any atom is -0.346 e. The van der Waals surface area contributed by atoms with E-state index in [9.17, 15) is 4.79 Å². The Balaban J connectivity index is 1.30. The lowest BCUT2D eigenvalue weighted by Gasteiger charge is -2.32. The summed E-state index contributed by atoms with van der Waals surface area (Å²) in [6.45, 7) is 1.79. The summed E-state index contributed by atoms with van der Waals surface area (Å²) in [6, 6.07) is 8.37. The topological polar surface area (TPSA) is 73.9 Å². The standard InChI is InChI=1S/C19H21N5OS/c25-18(17-13-6-3-8-14(13)22-23-17)20-12-5-4-10-24(11-12)19-21-15-7-1-2-9-16(15)26-19/h1-2,7,9,12H,3-6,8,10-11H2,(H,20,25)(H,22,23)/t12-/m1/s1. The van der Waals surface area contributed by atoms with Gasteiger partial charge in [-0.2, -0.15) is 5.10 Å². The Hall–Kier alpha value is -2.41. The van der Waals surface area contributed by atoms with Gasteiger partial charge in [0, 0.05) is 30.4 Å². The fourth-order valence-electron chi connectivity index (χ4n) is 4.02. The van der Waals surface area contributed by atoms with Gasteiger partial charge in [0.05, 0.1) is 10.2 Å². The number of aromatic amines is 1. The quantitative estimate of drug-likeness (QED) is 0.746. The van der Waals surface area contributed by atoms with E-state index >= 15 is 0 Å². The number of para-hydroxylation sites is 1. The number of piperidine rings is 1. The van der Waals surface area contributed by atoms with Crippen LogP contribution in [0.3, 0.4) is 0 Å². The molecule has 1 amide bonds. The van der Waals surface area contributed by atoms with Crippen LogP contribution in [0.15, 0.2) is 24.3 Å². The number of anilines is 1. The highest BCUT2D eigenvalue weighted by atomic mass is 32.1. The molecule has 0 radical (unpaired) electrons. The molecule has 2 aromatic heterocycles. The van der Waals surface area contributed by atoms with E-state index < -0.39 is 0 Å². The fraction of sp³-hybridized carbons (Fsp3) is 0.421. The highest BCUT2D eigenvalue weighted by Crippen LogP contribution is 2.30. The second kappa shape index (κ2) is 6.39. The molecule has 6 nitrogen and oxygen atoms in total. The summed E-state index contributed by atoms with van der Waals surface area (Å²) in [6.07, 6.45) is 5.12. The summed E-state index contributed by atoms with van der Waals surface area (Å²) in [7, 11) is 0. The van der Waals surface area contributed by atoms with Crippen LogP contribution in [-0.2, 0) is 12.8 Å². The Morgan fingerprint density at radius 1 is 1.27 bits per heavy atom. The van der Waals surface area contributed by atoms with Crippen molar-refractivity contribution in [1.82, 2.24) is 20.5 Å². The summed E-state index contributed by atoms with van der Waals surface area (Å²) >= 11 is 1.72. The molecule has 1 aliphatic carbocycles. The van der Waals surface area contributed by atoms with Gasteiger partial charge in [0.1, 0.15) is 0 Å². The molecule has 1 saturated heterocycles. The second-order valence-corrected chi connectivity index (χ2v) is 8.11. The van der Waals surface area contributed by atoms with Crippen LogP contribution in [0.2, 0.25) is 0 Å². The van der Waals surface area contributed by atoms with E-state index in [0.717, 1.165) is 67.1 Å². The third-order valence-electron chi connectivity index (χ3n) is 5.33. The van der Waals surface area contributed by atoms with Crippen molar-refractivity contribution in [3.63, 3.8) is 0 Å². The number of carbonyl (C=O) groups excluding carboxylic acids is 1. The molecule has 7 heteroatoms. The number of rotatable bonds is 3. The van der Waals surface area contributed by atoms with Crippen molar-refractivity contribution >= 4 is 32.6 Å². The molecule has 0 saturated carbocycles. The van der Waals surface area contributed by atoms with Gasteiger partial charge in [-0.25, -0.2) is 4.98 Å². The van der Waals surface area contributed by atoms with Crippen molar-refractivity contribution in [3.05, 3.63) is 41.2 Å². The van der Waals surface area contributed by atoms with Crippen molar-refractivity contribution < 1.29 is 4.79 Å². The smallest absolute Gasteiger partial charge is 0.272 e. The van der Waals surface area contributed by atoms with Crippen molar-refractivity contribution in [3.8, 4) is 0 Å². The number of nitrogens with zero attached hydrogens (tertiary/aromatic N) is 3. The van der Waals surface area contributed by atoms with Gasteiger partial charge in [-0.3, -0.25) is 9.89 Å². The SMILES string of the molecule is O=C(N[C@@H]1CCCN(c2nc3ccccc3s2)C1)c1n[nH]c2c1CCC2. The first-order valence-corrected chi connectivity index (χ1v) is 10.1. The van der Waals surface area contributed by atoms with Crippen LogP contribution in [0.25, 0.3) is 10.2 Å². The predicted molar refractivity (Wildman–Crippen MR) is 103 cm³/mol. The van der Waals surface area contributed by atoms with Gasteiger partial charge in [0.15, 0.2) is 10.8 Å². The summed E-state index contributed by atoms with van der Waals surface area (Å²) < 4.78 is 1.21. The summed E-state index contributed by atoms with van der Waals surface area (Å²) in [5, 5.41) is 11.5. The third-order valence-corrected chi connectivity index (χ3v) is 6.43. The number of H-pyrrole nitrogens is 1. The maximum absolute atomic E-state index is 12.7. The van der Waals surface area contributed by atoms with Gasteiger partial charge in [-0.1, -0.05) is 23.5 Å². The van der Waals surface area contributed by atoms with Crippen LogP contribution >= 0.6 is 11.3 Å². The number of hydrogen-bond donors (Lipinski definition) is 2. The maximum atomic E-state index is 12.7. The van der Waals surface area contributed by atoms with E-state index in [-0.39, 0.29) is 11.9 Å². The van der Waals surface area contributed by atoms with Gasteiger partial charge < -0.3 is 10.2 Å². The number of fused-ring (bicyclic) bond motifs is 2. The number of hydrogen-bond acceptors (Lipinski definition) is 5. The number of nitrogens with one attached hydrogen (secondary N) is 2. The van der Waals surface area contributed by atoms with Gasteiger partial charge in [-0.05, 0) is 44.2 Å². The molecule has 0 spiro atoms. The maximum Gasteiger partial charge on any atom is 0.272 e. The Morgan fingerprint density at radius 2 is 2.19 bits per heavy atom. The lowest BCUT2D eigenvalue weighted by atomic mass is 10.1. The van der Waals surface area contributed by atoms with Gasteiger partial charge in [0.25, 0.3) is 5.91 Å². The monoisotopic (exact) mass is 367 g/mol. The van der Waals surface area contributed by atoms with Crippen LogP contribution in [0, 0.1) is 0 Å². The highest BCUT2D eigenvalue weighted by molar-refractivity contribution is 7.22. The fourth-order valence-corrected chi connectivity index (χ4v) is 5.03. The molecule has 1 aliphatic heterocycles. The Bertz CT molecular complexity index is 929. The molecule has 1 fully saturated rings. The lowest BCUT2D eigenvalue weighted by Crippen LogP contribution is -2.48. The van der Waals surface area contributed by atoms with Crippen molar-refractivity contribution in [2.75, 3.05) is 18.0 Å². The number of aryl methyl sites for hydroxylation is 1. The normalized spacial score (nSPS) is 19.7. The van der Waals surface area contributed by atoms with Crippen molar-refractivity contribution in [2.24, 2.45) is 0 Å². The molecule has 3 heterocycles. The molecule has 2 N–H and O–H groups in total. The van der Waals surface area contributed by atoms with E-state index in [0.29, 0.717) is 5.69 Å². The second-order valence-electron chi connectivity index (χ2n) is 7.11. The van der Waals surface area contributed by atoms with Crippen LogP contribution in [0.5, 0.6) is 0 Å². The van der Waals surface area contributed by atoms with Crippen molar-refractivity contribution in [2.45, 2.75) is 38.1 Å². The van der Waals surface area contributed by atoms with Crippen LogP contribution in [-0.4, -0.2) is 40.2 Å². The Kier molecular flexibility index (Phi) is 3.89. The zero-order valence-corrected chi connectivity index (χ0v) is 15.3. The largest absolute Gasteiger partial charge is 0.346 e. The number of thiazole rings is 1. The number of amides is 1. The minimum atomic E-state index is -0.0412. The molecule has 2 aliphatic rings. The summed E-state index contributed by atoms with van der Waals surface area (Å²) in [5.74, 6) is -0.0412. The Morgan fingerprint density at radius 3 is 3.12 bits per heavy atom. The highest BCUT2D eigenvalue weighted by Gasteiger charge is 2.27. The molecular formula is C19H21N5OS. The van der Waals surface area contributed by atoms with Gasteiger partial charge >= 0.3 is 0 Å². The third kappa shape index (κ3) is 2.76. The molecule has 0 unspecified atom stereocenters. The molecule has 5 rings (SSSR count). The predicted octanol–water partition coefficient (Wildman–Crippen LogP) is 2.91. The summed E-state index contributed by atoms with van der Waals surface area (Å²) in [5.41, 5.74) is 3.89. The number of benzene rings is 1. The average molecular weight is 367 g/mol. The van der Waals surface area contributed by atoms with Gasteiger partial charge in [-0.15, -0.1) is 0 Å². The molecule has 26 heavy (non-hydrogen) atoms. The first kappa shape index (κ1) is 15.8.